The summed E-state index contributed by atoms with van der Waals surface area (Å²) in [5.74, 6) is -0.885. The Morgan fingerprint density at radius 1 is 0.906 bits per heavy atom. The Bertz CT molecular complexity index is 1450. The van der Waals surface area contributed by atoms with E-state index in [1.807, 2.05) is 42.5 Å². The summed E-state index contributed by atoms with van der Waals surface area (Å²) < 4.78 is 1.47. The molecule has 32 heavy (non-hydrogen) atoms. The van der Waals surface area contributed by atoms with E-state index in [0.717, 1.165) is 22.4 Å². The van der Waals surface area contributed by atoms with Gasteiger partial charge in [0.2, 0.25) is 0 Å². The number of aromatic nitrogens is 5. The van der Waals surface area contributed by atoms with E-state index in [-0.39, 0.29) is 17.0 Å². The second kappa shape index (κ2) is 7.62. The van der Waals surface area contributed by atoms with Gasteiger partial charge in [0, 0.05) is 34.6 Å². The van der Waals surface area contributed by atoms with E-state index in [2.05, 4.69) is 20.1 Å². The molecular weight excluding hydrogens is 403 g/mol. The molecular formula is C23H15BN6O2. The van der Waals surface area contributed by atoms with Crippen molar-refractivity contribution in [2.24, 2.45) is 0 Å². The second-order valence-electron chi connectivity index (χ2n) is 7.09. The molecule has 0 aliphatic heterocycles. The maximum absolute atomic E-state index is 11.1. The highest BCUT2D eigenvalue weighted by molar-refractivity contribution is 6.38. The number of aromatic carboxylic acids is 1. The highest BCUT2D eigenvalue weighted by atomic mass is 16.4. The summed E-state index contributed by atoms with van der Waals surface area (Å²) in [4.78, 5) is 24.3. The zero-order chi connectivity index (χ0) is 22.2. The minimum absolute atomic E-state index is 0.0732. The number of carboxylic acids is 1. The zero-order valence-electron chi connectivity index (χ0n) is 16.7. The largest absolute Gasteiger partial charge is 0.477 e. The third-order valence-electron chi connectivity index (χ3n) is 5.12. The molecule has 9 heteroatoms. The molecule has 152 valence electrons. The van der Waals surface area contributed by atoms with Crippen LogP contribution in [0.1, 0.15) is 10.5 Å². The minimum atomic E-state index is -1.11. The lowest BCUT2D eigenvalue weighted by Crippen LogP contribution is -2.20. The van der Waals surface area contributed by atoms with Crippen LogP contribution in [0.5, 0.6) is 0 Å². The predicted molar refractivity (Wildman–Crippen MR) is 122 cm³/mol. The molecule has 0 aliphatic rings. The maximum Gasteiger partial charge on any atom is 0.354 e. The van der Waals surface area contributed by atoms with E-state index in [1.54, 1.807) is 18.5 Å². The van der Waals surface area contributed by atoms with Crippen LogP contribution in [0.4, 0.5) is 5.82 Å². The smallest absolute Gasteiger partial charge is 0.354 e. The third kappa shape index (κ3) is 3.25. The van der Waals surface area contributed by atoms with E-state index in [9.17, 15) is 4.79 Å². The molecule has 0 saturated carbocycles. The van der Waals surface area contributed by atoms with Gasteiger partial charge in [-0.1, -0.05) is 36.4 Å². The van der Waals surface area contributed by atoms with Crippen LogP contribution in [0, 0.1) is 0 Å². The number of carbonyl (C=O) groups is 1. The molecule has 5 rings (SSSR count). The number of anilines is 1. The average molecular weight is 418 g/mol. The van der Waals surface area contributed by atoms with Crippen LogP contribution in [-0.4, -0.2) is 43.5 Å². The van der Waals surface area contributed by atoms with Gasteiger partial charge in [0.05, 0.1) is 17.6 Å². The van der Waals surface area contributed by atoms with Gasteiger partial charge in [0.15, 0.2) is 5.65 Å². The first-order valence-corrected chi connectivity index (χ1v) is 9.67. The molecule has 0 bridgehead atoms. The number of nitrogens with zero attached hydrogens (tertiary/aromatic N) is 5. The molecule has 0 atom stereocenters. The van der Waals surface area contributed by atoms with Gasteiger partial charge in [-0.15, -0.1) is 0 Å². The van der Waals surface area contributed by atoms with Crippen molar-refractivity contribution in [1.29, 1.82) is 0 Å². The number of fused-ring (bicyclic) bond motifs is 1. The summed E-state index contributed by atoms with van der Waals surface area (Å²) in [5, 5.41) is 13.4. The number of carboxylic acid groups (broad SMARTS) is 1. The van der Waals surface area contributed by atoms with Crippen molar-refractivity contribution in [2.75, 3.05) is 5.73 Å². The predicted octanol–water partition coefficient (Wildman–Crippen LogP) is 2.59. The molecule has 0 saturated heterocycles. The molecule has 0 aliphatic carbocycles. The Hall–Kier alpha value is -4.53. The van der Waals surface area contributed by atoms with Crippen LogP contribution in [0.2, 0.25) is 0 Å². The molecule has 4 heterocycles. The van der Waals surface area contributed by atoms with E-state index in [0.29, 0.717) is 16.9 Å². The monoisotopic (exact) mass is 418 g/mol. The van der Waals surface area contributed by atoms with Crippen LogP contribution in [-0.2, 0) is 0 Å². The van der Waals surface area contributed by atoms with E-state index in [1.165, 1.54) is 16.8 Å². The first-order chi connectivity index (χ1) is 15.5. The highest BCUT2D eigenvalue weighted by Crippen LogP contribution is 2.28. The average Bonchev–Trinajstić information content (AvgIpc) is 3.26. The van der Waals surface area contributed by atoms with Crippen LogP contribution >= 0.6 is 0 Å². The molecule has 0 amide bonds. The summed E-state index contributed by atoms with van der Waals surface area (Å²) in [6.45, 7) is 0. The number of pyridine rings is 2. The molecule has 1 aromatic carbocycles. The van der Waals surface area contributed by atoms with E-state index < -0.39 is 5.97 Å². The van der Waals surface area contributed by atoms with Gasteiger partial charge in [0.1, 0.15) is 19.4 Å². The second-order valence-corrected chi connectivity index (χ2v) is 7.09. The molecule has 0 unspecified atom stereocenters. The highest BCUT2D eigenvalue weighted by Gasteiger charge is 2.17. The Morgan fingerprint density at radius 3 is 2.31 bits per heavy atom. The van der Waals surface area contributed by atoms with Crippen LogP contribution < -0.4 is 11.2 Å². The molecule has 2 radical (unpaired) electrons. The van der Waals surface area contributed by atoms with Gasteiger partial charge in [-0.2, -0.15) is 9.61 Å². The Kier molecular flexibility index (Phi) is 4.63. The fourth-order valence-electron chi connectivity index (χ4n) is 3.44. The molecule has 0 fully saturated rings. The van der Waals surface area contributed by atoms with Crippen molar-refractivity contribution in [3.8, 4) is 33.6 Å². The van der Waals surface area contributed by atoms with Crippen LogP contribution in [0.15, 0.2) is 73.2 Å². The quantitative estimate of drug-likeness (QED) is 0.431. The topological polar surface area (TPSA) is 119 Å². The summed E-state index contributed by atoms with van der Waals surface area (Å²) >= 11 is 0. The zero-order valence-corrected chi connectivity index (χ0v) is 16.7. The molecule has 0 spiro atoms. The molecule has 4 aromatic heterocycles. The lowest BCUT2D eigenvalue weighted by Gasteiger charge is -2.11. The van der Waals surface area contributed by atoms with Crippen molar-refractivity contribution in [2.45, 2.75) is 0 Å². The van der Waals surface area contributed by atoms with E-state index in [4.69, 9.17) is 18.7 Å². The summed E-state index contributed by atoms with van der Waals surface area (Å²) in [6.07, 6.45) is 4.83. The van der Waals surface area contributed by atoms with Crippen molar-refractivity contribution in [3.63, 3.8) is 0 Å². The van der Waals surface area contributed by atoms with Gasteiger partial charge < -0.3 is 10.8 Å². The number of hydrogen-bond acceptors (Lipinski definition) is 6. The molecule has 8 nitrogen and oxygen atoms in total. The summed E-state index contributed by atoms with van der Waals surface area (Å²) in [6, 6.07) is 16.8. The van der Waals surface area contributed by atoms with Crippen molar-refractivity contribution in [1.82, 2.24) is 24.6 Å². The third-order valence-corrected chi connectivity index (χ3v) is 5.12. The molecule has 5 aromatic rings. The van der Waals surface area contributed by atoms with Crippen LogP contribution in [0.3, 0.4) is 0 Å². The van der Waals surface area contributed by atoms with Gasteiger partial charge >= 0.3 is 5.97 Å². The van der Waals surface area contributed by atoms with Gasteiger partial charge in [-0.05, 0) is 23.7 Å². The Balaban J connectivity index is 1.60. The Labute approximate surface area is 183 Å². The van der Waals surface area contributed by atoms with Crippen LogP contribution in [0.25, 0.3) is 39.3 Å². The first kappa shape index (κ1) is 19.4. The Morgan fingerprint density at radius 2 is 1.66 bits per heavy atom. The normalized spacial score (nSPS) is 11.0. The fourth-order valence-corrected chi connectivity index (χ4v) is 3.44. The van der Waals surface area contributed by atoms with Crippen molar-refractivity contribution < 1.29 is 9.90 Å². The van der Waals surface area contributed by atoms with Crippen molar-refractivity contribution >= 4 is 30.7 Å². The fraction of sp³-hybridized carbons (Fsp3) is 0. The lowest BCUT2D eigenvalue weighted by atomic mass is 9.91. The number of hydrogen-bond donors (Lipinski definition) is 2. The standard InChI is InChI=1S/C23H15BN6O2/c24-19-20(15-7-9-18(23(31)32)27-11-15)29-22-16(12-28-30(22)21(19)25)14-6-8-17(26-10-14)13-4-2-1-3-5-13/h1-12H,25H2,(H,31,32). The van der Waals surface area contributed by atoms with Gasteiger partial charge in [-0.3, -0.25) is 4.98 Å². The summed E-state index contributed by atoms with van der Waals surface area (Å²) in [7, 11) is 6.21. The molecule has 3 N–H and O–H groups in total. The summed E-state index contributed by atoms with van der Waals surface area (Å²) in [5.41, 5.74) is 11.3. The number of rotatable bonds is 4. The number of nitrogens with two attached hydrogens (primary N) is 1. The van der Waals surface area contributed by atoms with Crippen molar-refractivity contribution in [3.05, 3.63) is 78.9 Å². The number of benzene rings is 1. The minimum Gasteiger partial charge on any atom is -0.477 e. The number of nitrogen functional groups attached to an aromatic ring is 1. The van der Waals surface area contributed by atoms with E-state index >= 15 is 0 Å². The van der Waals surface area contributed by atoms with Gasteiger partial charge in [0.25, 0.3) is 0 Å². The SMILES string of the molecule is [B]c1c(-c2ccc(C(=O)O)nc2)nc2c(-c3ccc(-c4ccccc4)nc3)cnn2c1N. The maximum atomic E-state index is 11.1. The van der Waals surface area contributed by atoms with Gasteiger partial charge in [-0.25, -0.2) is 14.8 Å². The first-order valence-electron chi connectivity index (χ1n) is 9.67. The lowest BCUT2D eigenvalue weighted by molar-refractivity contribution is 0.0690.